The van der Waals surface area contributed by atoms with Gasteiger partial charge in [0, 0.05) is 37.6 Å². The fraction of sp³-hybridized carbons (Fsp3) is 0.211. The predicted octanol–water partition coefficient (Wildman–Crippen LogP) is 2.18. The van der Waals surface area contributed by atoms with Gasteiger partial charge in [-0.1, -0.05) is 30.8 Å². The van der Waals surface area contributed by atoms with Crippen LogP contribution in [0.15, 0.2) is 65.9 Å². The van der Waals surface area contributed by atoms with Gasteiger partial charge in [0.15, 0.2) is 5.88 Å². The molecule has 1 aromatic heterocycles. The minimum atomic E-state index is 0.287. The molecule has 0 aliphatic rings. The van der Waals surface area contributed by atoms with E-state index in [0.29, 0.717) is 30.7 Å². The first kappa shape index (κ1) is 19.8. The third-order valence-electron chi connectivity index (χ3n) is 3.51. The number of methoxy groups -OCH3 is 2. The van der Waals surface area contributed by atoms with Crippen LogP contribution in [0.2, 0.25) is 0 Å². The van der Waals surface area contributed by atoms with E-state index in [1.165, 1.54) is 13.3 Å². The summed E-state index contributed by atoms with van der Waals surface area (Å²) in [6.07, 6.45) is 4.74. The minimum absolute atomic E-state index is 0.287. The zero-order chi connectivity index (χ0) is 19.5. The second-order valence-electron chi connectivity index (χ2n) is 5.44. The molecule has 0 amide bonds. The van der Waals surface area contributed by atoms with Crippen molar-refractivity contribution in [3.05, 3.63) is 72.0 Å². The van der Waals surface area contributed by atoms with Crippen molar-refractivity contribution in [1.82, 2.24) is 15.3 Å². The van der Waals surface area contributed by atoms with E-state index in [2.05, 4.69) is 32.2 Å². The zero-order valence-corrected chi connectivity index (χ0v) is 15.5. The van der Waals surface area contributed by atoms with Gasteiger partial charge in [-0.05, 0) is 11.1 Å². The molecule has 0 unspecified atom stereocenters. The minimum Gasteiger partial charge on any atom is -0.483 e. The lowest BCUT2D eigenvalue weighted by Crippen LogP contribution is -2.10. The van der Waals surface area contributed by atoms with Crippen molar-refractivity contribution in [2.45, 2.75) is 13.1 Å². The smallest absolute Gasteiger partial charge is 0.226 e. The van der Waals surface area contributed by atoms with Crippen LogP contribution in [0.4, 0.5) is 5.95 Å². The van der Waals surface area contributed by atoms with E-state index in [1.807, 2.05) is 24.3 Å². The average Bonchev–Trinajstić information content (AvgIpc) is 2.71. The highest BCUT2D eigenvalue weighted by Crippen LogP contribution is 2.10. The molecule has 0 fully saturated rings. The summed E-state index contributed by atoms with van der Waals surface area (Å²) in [5, 5.41) is 6.29. The number of nitrogens with two attached hydrogens (primary N) is 1. The maximum atomic E-state index is 5.49. The number of benzene rings is 1. The molecule has 0 saturated heterocycles. The largest absolute Gasteiger partial charge is 0.483 e. The van der Waals surface area contributed by atoms with Gasteiger partial charge in [0.1, 0.15) is 5.82 Å². The van der Waals surface area contributed by atoms with Gasteiger partial charge in [-0.15, -0.1) is 0 Å². The molecule has 8 nitrogen and oxygen atoms in total. The van der Waals surface area contributed by atoms with Crippen molar-refractivity contribution in [3.63, 3.8) is 0 Å². The third kappa shape index (κ3) is 7.07. The molecule has 0 spiro atoms. The number of ether oxygens (including phenoxy) is 2. The maximum Gasteiger partial charge on any atom is 0.226 e. The summed E-state index contributed by atoms with van der Waals surface area (Å²) in [5.41, 5.74) is 7.72. The molecule has 0 aliphatic carbocycles. The standard InChI is InChI=1S/C19H24N6O2/c1-14(21-10-8-17(20)26-2)23-12-15-4-6-16(7-5-15)13-24-19-22-11-9-18(25-19)27-3/h4-11,23H,1,12-13,20H2,2-3H3,(H,22,24,25)/b17-8+,21-10?. The average molecular weight is 368 g/mol. The van der Waals surface area contributed by atoms with Crippen molar-refractivity contribution in [2.24, 2.45) is 10.7 Å². The summed E-state index contributed by atoms with van der Waals surface area (Å²) >= 11 is 0. The summed E-state index contributed by atoms with van der Waals surface area (Å²) in [4.78, 5) is 12.5. The van der Waals surface area contributed by atoms with Crippen molar-refractivity contribution in [2.75, 3.05) is 19.5 Å². The maximum absolute atomic E-state index is 5.49. The first-order chi connectivity index (χ1) is 13.1. The molecular formula is C19H24N6O2. The number of aliphatic imine (C=N–C) groups is 1. The van der Waals surface area contributed by atoms with Crippen LogP contribution >= 0.6 is 0 Å². The highest BCUT2D eigenvalue weighted by molar-refractivity contribution is 5.72. The molecule has 2 rings (SSSR count). The summed E-state index contributed by atoms with van der Waals surface area (Å²) in [5.74, 6) is 1.88. The van der Waals surface area contributed by atoms with E-state index in [4.69, 9.17) is 15.2 Å². The van der Waals surface area contributed by atoms with Crippen LogP contribution in [0.1, 0.15) is 11.1 Å². The fourth-order valence-corrected chi connectivity index (χ4v) is 2.02. The Labute approximate surface area is 158 Å². The van der Waals surface area contributed by atoms with Crippen LogP contribution in [0.25, 0.3) is 0 Å². The summed E-state index contributed by atoms with van der Waals surface area (Å²) < 4.78 is 9.89. The molecule has 1 heterocycles. The van der Waals surface area contributed by atoms with Gasteiger partial charge in [-0.3, -0.25) is 0 Å². The van der Waals surface area contributed by atoms with E-state index in [0.717, 1.165) is 11.1 Å². The van der Waals surface area contributed by atoms with E-state index in [1.54, 1.807) is 25.4 Å². The number of hydrogen-bond acceptors (Lipinski definition) is 8. The summed E-state index contributed by atoms with van der Waals surface area (Å²) in [7, 11) is 3.07. The fourth-order valence-electron chi connectivity index (χ4n) is 2.02. The molecule has 0 aliphatic heterocycles. The molecule has 0 saturated carbocycles. The lowest BCUT2D eigenvalue weighted by atomic mass is 10.1. The van der Waals surface area contributed by atoms with Gasteiger partial charge in [-0.2, -0.15) is 4.98 Å². The molecule has 142 valence electrons. The molecule has 8 heteroatoms. The normalized spacial score (nSPS) is 11.3. The van der Waals surface area contributed by atoms with Crippen molar-refractivity contribution in [3.8, 4) is 5.88 Å². The molecule has 0 atom stereocenters. The Morgan fingerprint density at radius 2 is 1.89 bits per heavy atom. The first-order valence-electron chi connectivity index (χ1n) is 8.26. The molecule has 0 bridgehead atoms. The Kier molecular flexibility index (Phi) is 7.65. The van der Waals surface area contributed by atoms with Gasteiger partial charge < -0.3 is 25.8 Å². The second kappa shape index (κ2) is 10.4. The Bertz CT molecular complexity index is 802. The van der Waals surface area contributed by atoms with Gasteiger partial charge in [0.05, 0.1) is 14.2 Å². The Morgan fingerprint density at radius 1 is 1.19 bits per heavy atom. The zero-order valence-electron chi connectivity index (χ0n) is 15.5. The second-order valence-corrected chi connectivity index (χ2v) is 5.44. The molecular weight excluding hydrogens is 344 g/mol. The number of nitrogens with zero attached hydrogens (tertiary/aromatic N) is 3. The number of allylic oxidation sites excluding steroid dienone is 1. The van der Waals surface area contributed by atoms with E-state index >= 15 is 0 Å². The van der Waals surface area contributed by atoms with Crippen LogP contribution in [-0.2, 0) is 17.8 Å². The number of nitrogens with one attached hydrogen (secondary N) is 2. The van der Waals surface area contributed by atoms with Crippen LogP contribution in [0.5, 0.6) is 5.88 Å². The topological polar surface area (TPSA) is 107 Å². The Hall–Kier alpha value is -3.55. The number of hydrogen-bond donors (Lipinski definition) is 3. The Morgan fingerprint density at radius 3 is 2.56 bits per heavy atom. The molecule has 27 heavy (non-hydrogen) atoms. The van der Waals surface area contributed by atoms with E-state index in [9.17, 15) is 0 Å². The first-order valence-corrected chi connectivity index (χ1v) is 8.26. The highest BCUT2D eigenvalue weighted by atomic mass is 16.5. The third-order valence-corrected chi connectivity index (χ3v) is 3.51. The number of rotatable bonds is 10. The molecule has 2 aromatic rings. The molecule has 0 radical (unpaired) electrons. The number of aromatic nitrogens is 2. The van der Waals surface area contributed by atoms with Crippen LogP contribution in [0, 0.1) is 0 Å². The van der Waals surface area contributed by atoms with Gasteiger partial charge in [0.25, 0.3) is 0 Å². The summed E-state index contributed by atoms with van der Waals surface area (Å²) in [6.45, 7) is 5.07. The SMILES string of the molecule is C=C(N=C/C=C(\N)OC)NCc1ccc(CNc2nccc(OC)n2)cc1. The summed E-state index contributed by atoms with van der Waals surface area (Å²) in [6, 6.07) is 9.86. The van der Waals surface area contributed by atoms with Gasteiger partial charge >= 0.3 is 0 Å². The predicted molar refractivity (Wildman–Crippen MR) is 106 cm³/mol. The van der Waals surface area contributed by atoms with Crippen LogP contribution < -0.4 is 21.1 Å². The molecule has 4 N–H and O–H groups in total. The van der Waals surface area contributed by atoms with E-state index in [-0.39, 0.29) is 5.88 Å². The van der Waals surface area contributed by atoms with Crippen LogP contribution in [0.3, 0.4) is 0 Å². The quantitative estimate of drug-likeness (QED) is 0.436. The van der Waals surface area contributed by atoms with Crippen molar-refractivity contribution < 1.29 is 9.47 Å². The monoisotopic (exact) mass is 368 g/mol. The van der Waals surface area contributed by atoms with Crippen molar-refractivity contribution in [1.29, 1.82) is 0 Å². The number of anilines is 1. The lowest BCUT2D eigenvalue weighted by molar-refractivity contribution is 0.288. The van der Waals surface area contributed by atoms with Gasteiger partial charge in [-0.25, -0.2) is 9.98 Å². The van der Waals surface area contributed by atoms with Gasteiger partial charge in [0.2, 0.25) is 11.8 Å². The lowest BCUT2D eigenvalue weighted by Gasteiger charge is -2.08. The molecule has 1 aromatic carbocycles. The Balaban J connectivity index is 1.80. The van der Waals surface area contributed by atoms with Crippen molar-refractivity contribution >= 4 is 12.2 Å². The van der Waals surface area contributed by atoms with E-state index < -0.39 is 0 Å². The van der Waals surface area contributed by atoms with Crippen LogP contribution in [-0.4, -0.2) is 30.4 Å². The highest BCUT2D eigenvalue weighted by Gasteiger charge is 2.00.